The third kappa shape index (κ3) is 9.53. The molecular weight excluding hydrogens is 451 g/mol. The van der Waals surface area contributed by atoms with Crippen LogP contribution in [0.4, 0.5) is 0 Å². The zero-order valence-electron chi connectivity index (χ0n) is 16.7. The van der Waals surface area contributed by atoms with Gasteiger partial charge in [-0.05, 0) is 41.5 Å². The van der Waals surface area contributed by atoms with Gasteiger partial charge in [0.25, 0.3) is 0 Å². The van der Waals surface area contributed by atoms with Crippen molar-refractivity contribution in [1.29, 1.82) is 0 Å². The highest BCUT2D eigenvalue weighted by molar-refractivity contribution is 14.0. The molecule has 6 nitrogen and oxygen atoms in total. The summed E-state index contributed by atoms with van der Waals surface area (Å²) in [7, 11) is -0.850. The van der Waals surface area contributed by atoms with Gasteiger partial charge < -0.3 is 15.4 Å². The van der Waals surface area contributed by atoms with E-state index in [2.05, 4.69) is 36.3 Å². The maximum absolute atomic E-state index is 12.1. The number of aliphatic imine (C=N–C) groups is 1. The van der Waals surface area contributed by atoms with Crippen molar-refractivity contribution >= 4 is 40.7 Å². The van der Waals surface area contributed by atoms with E-state index in [1.807, 2.05) is 20.8 Å². The Morgan fingerprint density at radius 3 is 2.28 bits per heavy atom. The van der Waals surface area contributed by atoms with Crippen molar-refractivity contribution in [3.63, 3.8) is 0 Å². The summed E-state index contributed by atoms with van der Waals surface area (Å²) in [6.07, 6.45) is 0. The molecule has 1 atom stereocenters. The van der Waals surface area contributed by atoms with E-state index in [9.17, 15) is 4.21 Å². The van der Waals surface area contributed by atoms with Gasteiger partial charge in [-0.25, -0.2) is 0 Å². The molecule has 1 rings (SSSR count). The Bertz CT molecular complexity index is 433. The molecule has 0 saturated carbocycles. The molecule has 0 amide bonds. The van der Waals surface area contributed by atoms with Gasteiger partial charge in [0.15, 0.2) is 5.96 Å². The Morgan fingerprint density at radius 2 is 1.76 bits per heavy atom. The highest BCUT2D eigenvalue weighted by Gasteiger charge is 2.28. The van der Waals surface area contributed by atoms with E-state index in [4.69, 9.17) is 9.73 Å². The zero-order valence-corrected chi connectivity index (χ0v) is 19.8. The fraction of sp³-hybridized carbons (Fsp3) is 0.941. The van der Waals surface area contributed by atoms with Gasteiger partial charge in [-0.3, -0.25) is 14.1 Å². The molecule has 1 fully saturated rings. The van der Waals surface area contributed by atoms with Gasteiger partial charge in [-0.2, -0.15) is 0 Å². The van der Waals surface area contributed by atoms with Crippen LogP contribution in [0.1, 0.15) is 41.5 Å². The van der Waals surface area contributed by atoms with Crippen molar-refractivity contribution in [3.8, 4) is 0 Å². The molecule has 1 unspecified atom stereocenters. The third-order valence-corrected chi connectivity index (χ3v) is 6.04. The van der Waals surface area contributed by atoms with Gasteiger partial charge in [-0.1, -0.05) is 0 Å². The quantitative estimate of drug-likeness (QED) is 0.325. The van der Waals surface area contributed by atoms with Crippen LogP contribution >= 0.6 is 24.0 Å². The lowest BCUT2D eigenvalue weighted by atomic mass is 10.0. The minimum Gasteiger partial charge on any atom is -0.379 e. The Kier molecular flexibility index (Phi) is 11.7. The summed E-state index contributed by atoms with van der Waals surface area (Å²) in [5, 5.41) is 6.57. The zero-order chi connectivity index (χ0) is 18.2. The van der Waals surface area contributed by atoms with E-state index in [1.165, 1.54) is 0 Å². The molecule has 0 radical (unpaired) electrons. The van der Waals surface area contributed by atoms with Gasteiger partial charge in [0.1, 0.15) is 0 Å². The van der Waals surface area contributed by atoms with E-state index in [1.54, 1.807) is 0 Å². The number of ether oxygens (including phenoxy) is 1. The summed E-state index contributed by atoms with van der Waals surface area (Å²) < 4.78 is 17.4. The normalized spacial score (nSPS) is 18.4. The summed E-state index contributed by atoms with van der Waals surface area (Å²) in [5.41, 5.74) is 0.000358. The summed E-state index contributed by atoms with van der Waals surface area (Å²) in [6, 6.07) is 0. The van der Waals surface area contributed by atoms with E-state index >= 15 is 0 Å². The first kappa shape index (κ1) is 25.1. The van der Waals surface area contributed by atoms with Gasteiger partial charge in [-0.15, -0.1) is 24.0 Å². The van der Waals surface area contributed by atoms with Crippen LogP contribution in [-0.4, -0.2) is 77.0 Å². The summed E-state index contributed by atoms with van der Waals surface area (Å²) in [4.78, 5) is 7.16. The molecule has 0 aromatic rings. The molecule has 8 heteroatoms. The average molecular weight is 488 g/mol. The van der Waals surface area contributed by atoms with Crippen molar-refractivity contribution in [2.45, 2.75) is 51.8 Å². The summed E-state index contributed by atoms with van der Waals surface area (Å²) >= 11 is 0. The van der Waals surface area contributed by atoms with E-state index in [0.717, 1.165) is 38.8 Å². The number of rotatable bonds is 7. The van der Waals surface area contributed by atoms with E-state index in [-0.39, 0.29) is 34.3 Å². The van der Waals surface area contributed by atoms with Crippen molar-refractivity contribution in [2.24, 2.45) is 4.99 Å². The molecule has 0 aromatic carbocycles. The van der Waals surface area contributed by atoms with Crippen molar-refractivity contribution in [2.75, 3.05) is 51.7 Å². The molecular formula is C17H37IN4O2S. The molecule has 0 aromatic heterocycles. The number of halogens is 1. The lowest BCUT2D eigenvalue weighted by Crippen LogP contribution is -2.52. The Morgan fingerprint density at radius 1 is 1.16 bits per heavy atom. The summed E-state index contributed by atoms with van der Waals surface area (Å²) in [5.74, 6) is 1.42. The van der Waals surface area contributed by atoms with Crippen LogP contribution in [-0.2, 0) is 15.5 Å². The van der Waals surface area contributed by atoms with Crippen molar-refractivity contribution in [3.05, 3.63) is 0 Å². The lowest BCUT2D eigenvalue weighted by molar-refractivity contribution is -0.00683. The molecule has 2 N–H and O–H groups in total. The smallest absolute Gasteiger partial charge is 0.191 e. The number of guanidine groups is 1. The fourth-order valence-corrected chi connectivity index (χ4v) is 3.35. The molecule has 1 aliphatic heterocycles. The molecule has 0 spiro atoms. The fourth-order valence-electron chi connectivity index (χ4n) is 2.45. The van der Waals surface area contributed by atoms with Gasteiger partial charge in [0, 0.05) is 53.0 Å². The Hall–Kier alpha value is 0.0700. The van der Waals surface area contributed by atoms with Crippen molar-refractivity contribution in [1.82, 2.24) is 15.5 Å². The first-order valence-electron chi connectivity index (χ1n) is 8.90. The SMILES string of the molecule is CCNC(=NCC(C)(C)N1CCOCC1)NCCS(=O)C(C)(C)C.I. The average Bonchev–Trinajstić information content (AvgIpc) is 2.52. The molecule has 1 saturated heterocycles. The molecule has 150 valence electrons. The predicted octanol–water partition coefficient (Wildman–Crippen LogP) is 1.82. The van der Waals surface area contributed by atoms with E-state index < -0.39 is 10.8 Å². The maximum atomic E-state index is 12.1. The second kappa shape index (κ2) is 11.7. The minimum atomic E-state index is -0.850. The molecule has 0 bridgehead atoms. The monoisotopic (exact) mass is 488 g/mol. The Labute approximate surface area is 173 Å². The predicted molar refractivity (Wildman–Crippen MR) is 119 cm³/mol. The van der Waals surface area contributed by atoms with Crippen LogP contribution in [0.3, 0.4) is 0 Å². The van der Waals surface area contributed by atoms with Crippen molar-refractivity contribution < 1.29 is 8.95 Å². The molecule has 1 aliphatic rings. The highest BCUT2D eigenvalue weighted by atomic mass is 127. The van der Waals surface area contributed by atoms with Crippen LogP contribution in [0.2, 0.25) is 0 Å². The maximum Gasteiger partial charge on any atom is 0.191 e. The second-order valence-corrected chi connectivity index (χ2v) is 10.0. The van der Waals surface area contributed by atoms with Gasteiger partial charge >= 0.3 is 0 Å². The number of morpholine rings is 1. The van der Waals surface area contributed by atoms with Gasteiger partial charge in [0.05, 0.1) is 19.8 Å². The molecule has 25 heavy (non-hydrogen) atoms. The van der Waals surface area contributed by atoms with Gasteiger partial charge in [0.2, 0.25) is 0 Å². The van der Waals surface area contributed by atoms with Crippen LogP contribution in [0, 0.1) is 0 Å². The Balaban J connectivity index is 0.00000576. The number of hydrogen-bond acceptors (Lipinski definition) is 4. The van der Waals surface area contributed by atoms with E-state index in [0.29, 0.717) is 18.8 Å². The summed E-state index contributed by atoms with van der Waals surface area (Å²) in [6.45, 7) is 18.2. The van der Waals surface area contributed by atoms with Crippen LogP contribution < -0.4 is 10.6 Å². The number of hydrogen-bond donors (Lipinski definition) is 2. The minimum absolute atomic E-state index is 0. The van der Waals surface area contributed by atoms with Crippen LogP contribution in [0.5, 0.6) is 0 Å². The molecule has 0 aliphatic carbocycles. The van der Waals surface area contributed by atoms with Crippen LogP contribution in [0.15, 0.2) is 4.99 Å². The first-order valence-corrected chi connectivity index (χ1v) is 10.2. The largest absolute Gasteiger partial charge is 0.379 e. The molecule has 1 heterocycles. The lowest BCUT2D eigenvalue weighted by Gasteiger charge is -2.39. The highest BCUT2D eigenvalue weighted by Crippen LogP contribution is 2.16. The standard InChI is InChI=1S/C17H36N4O2S.HI/c1-7-18-15(19-8-13-24(22)16(2,3)4)20-14-17(5,6)21-9-11-23-12-10-21;/h7-14H2,1-6H3,(H2,18,19,20);1H. The second-order valence-electron chi connectivity index (χ2n) is 7.70. The number of nitrogens with zero attached hydrogens (tertiary/aromatic N) is 2. The topological polar surface area (TPSA) is 66.0 Å². The van der Waals surface area contributed by atoms with Crippen LogP contribution in [0.25, 0.3) is 0 Å². The third-order valence-electron chi connectivity index (χ3n) is 4.10. The first-order chi connectivity index (χ1) is 11.2. The number of nitrogens with one attached hydrogen (secondary N) is 2.